The molecule has 3 rings (SSSR count). The van der Waals surface area contributed by atoms with E-state index in [1.165, 1.54) is 10.7 Å². The maximum atomic E-state index is 8.96. The number of nitriles is 1. The molecule has 0 aromatic heterocycles. The summed E-state index contributed by atoms with van der Waals surface area (Å²) in [6, 6.07) is 34.7. The summed E-state index contributed by atoms with van der Waals surface area (Å²) < 4.78 is 5.26. The molecule has 3 aromatic rings. The summed E-state index contributed by atoms with van der Waals surface area (Å²) in [7, 11) is 0. The van der Waals surface area contributed by atoms with Gasteiger partial charge in [0.2, 0.25) is 0 Å². The predicted octanol–water partition coefficient (Wildman–Crippen LogP) is 3.24. The van der Waals surface area contributed by atoms with E-state index < -0.39 is 18.4 Å². The van der Waals surface area contributed by atoms with E-state index in [1.54, 1.807) is 6.08 Å². The van der Waals surface area contributed by atoms with Crippen LogP contribution in [0.5, 0.6) is 0 Å². The van der Waals surface area contributed by atoms with Gasteiger partial charge in [0.05, 0.1) is 0 Å². The Labute approximate surface area is 147 Å². The van der Waals surface area contributed by atoms with Crippen LogP contribution in [-0.4, -0.2) is 18.4 Å². The molecular weight excluding hydrogens is 397 g/mol. The molecule has 3 aromatic carbocycles. The molecule has 0 aliphatic heterocycles. The van der Waals surface area contributed by atoms with Crippen molar-refractivity contribution in [1.82, 2.24) is 0 Å². The number of rotatable bonds is 5. The monoisotopic (exact) mass is 417 g/mol. The van der Waals surface area contributed by atoms with E-state index in [4.69, 9.17) is 5.26 Å². The first kappa shape index (κ1) is 16.5. The van der Waals surface area contributed by atoms with Crippen LogP contribution in [0, 0.1) is 11.3 Å². The van der Waals surface area contributed by atoms with Gasteiger partial charge in [-0.3, -0.25) is 0 Å². The average Bonchev–Trinajstić information content (AvgIpc) is 2.68. The Morgan fingerprint density at radius 3 is 1.38 bits per heavy atom. The molecule has 0 radical (unpaired) electrons. The molecule has 0 unspecified atom stereocenters. The van der Waals surface area contributed by atoms with Crippen molar-refractivity contribution in [3.8, 4) is 6.07 Å². The topological polar surface area (TPSA) is 23.8 Å². The van der Waals surface area contributed by atoms with Crippen molar-refractivity contribution in [2.45, 2.75) is 4.44 Å². The van der Waals surface area contributed by atoms with E-state index in [0.29, 0.717) is 0 Å². The van der Waals surface area contributed by atoms with Gasteiger partial charge >= 0.3 is 148 Å². The zero-order valence-electron chi connectivity index (χ0n) is 13.5. The molecule has 0 N–H and O–H groups in total. The summed E-state index contributed by atoms with van der Waals surface area (Å²) >= 11 is -3.17. The van der Waals surface area contributed by atoms with Crippen molar-refractivity contribution >= 4 is 29.1 Å². The van der Waals surface area contributed by atoms with Crippen LogP contribution in [-0.2, 0) is 0 Å². The maximum absolute atomic E-state index is 8.96. The molecule has 0 saturated carbocycles. The average molecular weight is 416 g/mol. The van der Waals surface area contributed by atoms with E-state index in [0.717, 1.165) is 4.44 Å². The van der Waals surface area contributed by atoms with Crippen LogP contribution >= 0.6 is 0 Å². The SMILES string of the molecule is N#C/C=C\[CH2][Sn]([c]1ccccc1)([c]1ccccc1)[c]1ccccc1. The summed E-state index contributed by atoms with van der Waals surface area (Å²) in [5.41, 5.74) is 0. The number of benzene rings is 3. The molecule has 0 saturated heterocycles. The molecule has 0 heterocycles. The number of hydrogen-bond donors (Lipinski definition) is 0. The van der Waals surface area contributed by atoms with Gasteiger partial charge in [-0.15, -0.1) is 0 Å². The Balaban J connectivity index is 2.28. The Hall–Kier alpha value is -2.31. The van der Waals surface area contributed by atoms with Crippen LogP contribution in [0.2, 0.25) is 4.44 Å². The summed E-state index contributed by atoms with van der Waals surface area (Å²) in [5, 5.41) is 8.96. The van der Waals surface area contributed by atoms with Crippen molar-refractivity contribution in [3.63, 3.8) is 0 Å². The zero-order chi connectivity index (χ0) is 16.7. The quantitative estimate of drug-likeness (QED) is 0.463. The molecule has 0 bridgehead atoms. The molecule has 24 heavy (non-hydrogen) atoms. The van der Waals surface area contributed by atoms with E-state index in [2.05, 4.69) is 103 Å². The van der Waals surface area contributed by atoms with Crippen LogP contribution in [0.15, 0.2) is 103 Å². The van der Waals surface area contributed by atoms with Crippen molar-refractivity contribution in [2.24, 2.45) is 0 Å². The van der Waals surface area contributed by atoms with Gasteiger partial charge in [-0.05, 0) is 0 Å². The zero-order valence-corrected chi connectivity index (χ0v) is 16.3. The third-order valence-electron chi connectivity index (χ3n) is 4.42. The molecule has 2 heteroatoms. The summed E-state index contributed by atoms with van der Waals surface area (Å²) in [6.45, 7) is 0. The Morgan fingerprint density at radius 1 is 0.667 bits per heavy atom. The number of nitrogens with zero attached hydrogens (tertiary/aromatic N) is 1. The molecule has 0 spiro atoms. The molecular formula is C22H19NSn. The Kier molecular flexibility index (Phi) is 5.51. The third-order valence-corrected chi connectivity index (χ3v) is 18.1. The van der Waals surface area contributed by atoms with Crippen LogP contribution in [0.3, 0.4) is 0 Å². The van der Waals surface area contributed by atoms with Gasteiger partial charge in [-0.2, -0.15) is 0 Å². The van der Waals surface area contributed by atoms with E-state index in [1.807, 2.05) is 0 Å². The molecule has 116 valence electrons. The van der Waals surface area contributed by atoms with Crippen LogP contribution in [0.4, 0.5) is 0 Å². The Morgan fingerprint density at radius 2 is 1.04 bits per heavy atom. The second kappa shape index (κ2) is 7.99. The minimum atomic E-state index is -3.17. The molecule has 0 aliphatic carbocycles. The van der Waals surface area contributed by atoms with Gasteiger partial charge in [-0.25, -0.2) is 0 Å². The predicted molar refractivity (Wildman–Crippen MR) is 104 cm³/mol. The minimum absolute atomic E-state index is 0.945. The van der Waals surface area contributed by atoms with E-state index >= 15 is 0 Å². The van der Waals surface area contributed by atoms with Crippen molar-refractivity contribution in [1.29, 1.82) is 5.26 Å². The van der Waals surface area contributed by atoms with Crippen LogP contribution < -0.4 is 10.7 Å². The molecule has 0 aliphatic rings. The molecule has 0 fully saturated rings. The first-order valence-corrected chi connectivity index (χ1v) is 14.4. The third kappa shape index (κ3) is 3.29. The summed E-state index contributed by atoms with van der Waals surface area (Å²) in [5.74, 6) is 0. The normalized spacial score (nSPS) is 11.3. The van der Waals surface area contributed by atoms with Gasteiger partial charge in [0.25, 0.3) is 0 Å². The molecule has 0 amide bonds. The Bertz CT molecular complexity index is 737. The number of allylic oxidation sites excluding steroid dienone is 2. The standard InChI is InChI=1S/3C6H5.C4H4N.Sn/c3*1-2-4-6-5-3-1;1-2-3-4-5;/h3*1-5H;2-3H,1H2;/b;;;3-2-;. The van der Waals surface area contributed by atoms with Crippen LogP contribution in [0.1, 0.15) is 0 Å². The summed E-state index contributed by atoms with van der Waals surface area (Å²) in [6.07, 6.45) is 3.68. The van der Waals surface area contributed by atoms with E-state index in [9.17, 15) is 0 Å². The van der Waals surface area contributed by atoms with Crippen LogP contribution in [0.25, 0.3) is 0 Å². The van der Waals surface area contributed by atoms with Gasteiger partial charge in [0.1, 0.15) is 0 Å². The first-order chi connectivity index (χ1) is 11.9. The number of hydrogen-bond acceptors (Lipinski definition) is 1. The van der Waals surface area contributed by atoms with Crippen molar-refractivity contribution in [3.05, 3.63) is 103 Å². The van der Waals surface area contributed by atoms with E-state index in [-0.39, 0.29) is 0 Å². The molecule has 1 nitrogen and oxygen atoms in total. The van der Waals surface area contributed by atoms with Gasteiger partial charge in [0, 0.05) is 0 Å². The van der Waals surface area contributed by atoms with Gasteiger partial charge in [0.15, 0.2) is 0 Å². The fourth-order valence-electron chi connectivity index (χ4n) is 3.31. The second-order valence-electron chi connectivity index (χ2n) is 5.74. The van der Waals surface area contributed by atoms with Gasteiger partial charge in [-0.1, -0.05) is 0 Å². The van der Waals surface area contributed by atoms with Crippen molar-refractivity contribution < 1.29 is 0 Å². The first-order valence-electron chi connectivity index (χ1n) is 8.09. The van der Waals surface area contributed by atoms with Crippen molar-refractivity contribution in [2.75, 3.05) is 0 Å². The fraction of sp³-hybridized carbons (Fsp3) is 0.0455. The van der Waals surface area contributed by atoms with Gasteiger partial charge < -0.3 is 0 Å². The molecule has 0 atom stereocenters. The second-order valence-corrected chi connectivity index (χ2v) is 17.0. The fourth-order valence-corrected chi connectivity index (χ4v) is 16.0. The summed E-state index contributed by atoms with van der Waals surface area (Å²) in [4.78, 5) is 0.